The zero-order valence-corrected chi connectivity index (χ0v) is 13.9. The highest BCUT2D eigenvalue weighted by Crippen LogP contribution is 2.25. The van der Waals surface area contributed by atoms with Crippen LogP contribution < -0.4 is 4.72 Å². The SMILES string of the molecule is COC(OC)c1ccc(F)c(NS(=O)(=O)c2ccc(C)cc2)c1. The third-order valence-corrected chi connectivity index (χ3v) is 4.65. The molecule has 23 heavy (non-hydrogen) atoms. The number of methoxy groups -OCH3 is 2. The van der Waals surface area contributed by atoms with Crippen LogP contribution in [-0.4, -0.2) is 22.6 Å². The summed E-state index contributed by atoms with van der Waals surface area (Å²) in [7, 11) is -1.00. The van der Waals surface area contributed by atoms with E-state index in [1.807, 2.05) is 6.92 Å². The Bertz CT molecular complexity index is 771. The third-order valence-electron chi connectivity index (χ3n) is 3.27. The van der Waals surface area contributed by atoms with E-state index < -0.39 is 22.1 Å². The Labute approximate surface area is 135 Å². The summed E-state index contributed by atoms with van der Waals surface area (Å²) in [5.41, 5.74) is 1.26. The number of rotatable bonds is 6. The first-order chi connectivity index (χ1) is 10.9. The van der Waals surface area contributed by atoms with Gasteiger partial charge in [-0.15, -0.1) is 0 Å². The van der Waals surface area contributed by atoms with Crippen molar-refractivity contribution in [2.24, 2.45) is 0 Å². The number of anilines is 1. The van der Waals surface area contributed by atoms with Crippen molar-refractivity contribution in [2.75, 3.05) is 18.9 Å². The maximum absolute atomic E-state index is 13.9. The molecule has 5 nitrogen and oxygen atoms in total. The summed E-state index contributed by atoms with van der Waals surface area (Å²) in [6.45, 7) is 1.85. The summed E-state index contributed by atoms with van der Waals surface area (Å²) in [5, 5.41) is 0. The molecule has 7 heteroatoms. The van der Waals surface area contributed by atoms with Crippen molar-refractivity contribution >= 4 is 15.7 Å². The molecular weight excluding hydrogens is 321 g/mol. The molecule has 0 amide bonds. The van der Waals surface area contributed by atoms with Crippen molar-refractivity contribution in [3.63, 3.8) is 0 Å². The molecule has 0 atom stereocenters. The summed E-state index contributed by atoms with van der Waals surface area (Å²) in [6, 6.07) is 10.3. The summed E-state index contributed by atoms with van der Waals surface area (Å²) in [5.74, 6) is -0.685. The lowest BCUT2D eigenvalue weighted by atomic mass is 10.2. The van der Waals surface area contributed by atoms with Crippen LogP contribution in [0.4, 0.5) is 10.1 Å². The van der Waals surface area contributed by atoms with Gasteiger partial charge in [0.15, 0.2) is 6.29 Å². The van der Waals surface area contributed by atoms with Crippen LogP contribution in [0.15, 0.2) is 47.4 Å². The van der Waals surface area contributed by atoms with Crippen LogP contribution in [0.1, 0.15) is 17.4 Å². The van der Waals surface area contributed by atoms with Gasteiger partial charge in [0.05, 0.1) is 10.6 Å². The number of sulfonamides is 1. The van der Waals surface area contributed by atoms with Gasteiger partial charge < -0.3 is 9.47 Å². The van der Waals surface area contributed by atoms with E-state index in [4.69, 9.17) is 9.47 Å². The van der Waals surface area contributed by atoms with Gasteiger partial charge in [-0.25, -0.2) is 12.8 Å². The smallest absolute Gasteiger partial charge is 0.261 e. The van der Waals surface area contributed by atoms with E-state index in [9.17, 15) is 12.8 Å². The molecule has 0 unspecified atom stereocenters. The number of hydrogen-bond acceptors (Lipinski definition) is 4. The van der Waals surface area contributed by atoms with E-state index in [1.54, 1.807) is 12.1 Å². The topological polar surface area (TPSA) is 64.6 Å². The van der Waals surface area contributed by atoms with Gasteiger partial charge in [-0.1, -0.05) is 23.8 Å². The van der Waals surface area contributed by atoms with Gasteiger partial charge in [-0.05, 0) is 31.2 Å². The first-order valence-corrected chi connectivity index (χ1v) is 8.30. The molecular formula is C16H18FNO4S. The van der Waals surface area contributed by atoms with Crippen molar-refractivity contribution in [3.05, 3.63) is 59.4 Å². The van der Waals surface area contributed by atoms with E-state index in [1.165, 1.54) is 38.5 Å². The van der Waals surface area contributed by atoms with Crippen molar-refractivity contribution in [3.8, 4) is 0 Å². The maximum atomic E-state index is 13.9. The minimum absolute atomic E-state index is 0.0583. The highest BCUT2D eigenvalue weighted by Gasteiger charge is 2.18. The maximum Gasteiger partial charge on any atom is 0.261 e. The van der Waals surface area contributed by atoms with E-state index in [0.717, 1.165) is 11.6 Å². The molecule has 0 bridgehead atoms. The Balaban J connectivity index is 2.35. The number of nitrogens with one attached hydrogen (secondary N) is 1. The Morgan fingerprint density at radius 1 is 1.04 bits per heavy atom. The van der Waals surface area contributed by atoms with Crippen LogP contribution in [0.25, 0.3) is 0 Å². The van der Waals surface area contributed by atoms with Gasteiger partial charge in [0.1, 0.15) is 5.82 Å². The lowest BCUT2D eigenvalue weighted by molar-refractivity contribution is -0.106. The minimum Gasteiger partial charge on any atom is -0.352 e. The van der Waals surface area contributed by atoms with Gasteiger partial charge in [0.25, 0.3) is 10.0 Å². The lowest BCUT2D eigenvalue weighted by Crippen LogP contribution is -2.15. The van der Waals surface area contributed by atoms with Gasteiger partial charge in [-0.2, -0.15) is 0 Å². The predicted octanol–water partition coefficient (Wildman–Crippen LogP) is 3.23. The first-order valence-electron chi connectivity index (χ1n) is 6.82. The molecule has 124 valence electrons. The molecule has 1 N–H and O–H groups in total. The summed E-state index contributed by atoms with van der Waals surface area (Å²) in [4.78, 5) is 0.0583. The van der Waals surface area contributed by atoms with Crippen LogP contribution in [0.3, 0.4) is 0 Å². The average molecular weight is 339 g/mol. The Morgan fingerprint density at radius 3 is 2.22 bits per heavy atom. The molecule has 0 saturated carbocycles. The minimum atomic E-state index is -3.88. The molecule has 0 aliphatic carbocycles. The Morgan fingerprint density at radius 2 is 1.65 bits per heavy atom. The fraction of sp³-hybridized carbons (Fsp3) is 0.250. The normalized spacial score (nSPS) is 11.7. The Kier molecular flexibility index (Phi) is 5.35. The molecule has 0 heterocycles. The van der Waals surface area contributed by atoms with E-state index >= 15 is 0 Å². The van der Waals surface area contributed by atoms with Crippen molar-refractivity contribution in [1.82, 2.24) is 0 Å². The van der Waals surface area contributed by atoms with Crippen molar-refractivity contribution in [2.45, 2.75) is 18.1 Å². The van der Waals surface area contributed by atoms with Crippen molar-refractivity contribution < 1.29 is 22.3 Å². The lowest BCUT2D eigenvalue weighted by Gasteiger charge is -2.16. The number of aryl methyl sites for hydroxylation is 1. The fourth-order valence-electron chi connectivity index (χ4n) is 2.06. The third kappa shape index (κ3) is 4.07. The summed E-state index contributed by atoms with van der Waals surface area (Å²) < 4.78 is 51.1. The number of ether oxygens (including phenoxy) is 2. The van der Waals surface area contributed by atoms with Gasteiger partial charge in [0, 0.05) is 19.8 Å². The fourth-order valence-corrected chi connectivity index (χ4v) is 3.12. The second kappa shape index (κ2) is 7.08. The molecule has 0 aromatic heterocycles. The van der Waals surface area contributed by atoms with Gasteiger partial charge in [-0.3, -0.25) is 4.72 Å². The molecule has 2 aromatic carbocycles. The Hall–Kier alpha value is -1.96. The molecule has 2 aromatic rings. The van der Waals surface area contributed by atoms with Crippen LogP contribution in [0.2, 0.25) is 0 Å². The number of benzene rings is 2. The standard InChI is InChI=1S/C16H18FNO4S/c1-11-4-7-13(8-5-11)23(19,20)18-15-10-12(6-9-14(15)17)16(21-2)22-3/h4-10,16,18H,1-3H3. The predicted molar refractivity (Wildman–Crippen MR) is 85.1 cm³/mol. The van der Waals surface area contributed by atoms with Gasteiger partial charge in [0.2, 0.25) is 0 Å². The highest BCUT2D eigenvalue weighted by atomic mass is 32.2. The molecule has 0 aliphatic heterocycles. The van der Waals surface area contributed by atoms with Crippen LogP contribution in [0.5, 0.6) is 0 Å². The molecule has 0 aliphatic rings. The second-order valence-corrected chi connectivity index (χ2v) is 6.64. The van der Waals surface area contributed by atoms with Crippen molar-refractivity contribution in [1.29, 1.82) is 0 Å². The molecule has 2 rings (SSSR count). The highest BCUT2D eigenvalue weighted by molar-refractivity contribution is 7.92. The first kappa shape index (κ1) is 17.4. The second-order valence-electron chi connectivity index (χ2n) is 4.96. The van der Waals surface area contributed by atoms with Gasteiger partial charge >= 0.3 is 0 Å². The molecule has 0 radical (unpaired) electrons. The van der Waals surface area contributed by atoms with Crippen LogP contribution in [-0.2, 0) is 19.5 Å². The zero-order chi connectivity index (χ0) is 17.0. The largest absolute Gasteiger partial charge is 0.352 e. The zero-order valence-electron chi connectivity index (χ0n) is 13.0. The average Bonchev–Trinajstić information content (AvgIpc) is 2.52. The van der Waals surface area contributed by atoms with E-state index in [0.29, 0.717) is 5.56 Å². The summed E-state index contributed by atoms with van der Waals surface area (Å²) >= 11 is 0. The molecule has 0 saturated heterocycles. The van der Waals surface area contributed by atoms with Crippen LogP contribution in [0, 0.1) is 12.7 Å². The molecule has 0 spiro atoms. The number of hydrogen-bond donors (Lipinski definition) is 1. The van der Waals surface area contributed by atoms with E-state index in [2.05, 4.69) is 4.72 Å². The monoisotopic (exact) mass is 339 g/mol. The van der Waals surface area contributed by atoms with E-state index in [-0.39, 0.29) is 10.6 Å². The summed E-state index contributed by atoms with van der Waals surface area (Å²) in [6.07, 6.45) is -0.710. The van der Waals surface area contributed by atoms with Crippen LogP contribution >= 0.6 is 0 Å². The quantitative estimate of drug-likeness (QED) is 0.821. The number of halogens is 1. The molecule has 0 fully saturated rings.